The minimum Gasteiger partial charge on any atom is -0.481 e. The third-order valence-electron chi connectivity index (χ3n) is 5.43. The van der Waals surface area contributed by atoms with Gasteiger partial charge >= 0.3 is 11.9 Å². The maximum absolute atomic E-state index is 12.4. The van der Waals surface area contributed by atoms with Crippen LogP contribution >= 0.6 is 0 Å². The van der Waals surface area contributed by atoms with Crippen LogP contribution < -0.4 is 26.4 Å². The van der Waals surface area contributed by atoms with Crippen molar-refractivity contribution in [2.24, 2.45) is 0 Å². The predicted octanol–water partition coefficient (Wildman–Crippen LogP) is 0.0349. The van der Waals surface area contributed by atoms with Gasteiger partial charge in [0.1, 0.15) is 11.7 Å². The average molecular weight is 458 g/mol. The van der Waals surface area contributed by atoms with Crippen LogP contribution in [0.4, 0.5) is 17.3 Å². The molecule has 0 saturated carbocycles. The van der Waals surface area contributed by atoms with Crippen LogP contribution in [0, 0.1) is 6.92 Å². The van der Waals surface area contributed by atoms with E-state index in [1.54, 1.807) is 31.2 Å². The van der Waals surface area contributed by atoms with Gasteiger partial charge in [-0.3, -0.25) is 19.4 Å². The number of hydrogen-bond donors (Lipinski definition) is 5. The molecule has 6 N–H and O–H groups in total. The number of amides is 1. The van der Waals surface area contributed by atoms with Crippen LogP contribution in [0.1, 0.15) is 28.9 Å². The molecule has 33 heavy (non-hydrogen) atoms. The summed E-state index contributed by atoms with van der Waals surface area (Å²) in [5.74, 6) is -2.92. The van der Waals surface area contributed by atoms with Gasteiger partial charge in [-0.05, 0) is 37.6 Å². The number of nitrogen functional groups attached to an aromatic ring is 1. The standard InChI is InChI=1S/C21H26N6O6/c1-12-17(19(31)25-21(22)23-12)27-10-8-26(9-11-27)14-4-2-13(3-5-14)18(30)24-15(20(32)33)6-7-16(28)29/h2-5,15H,6-11H2,1H3,(H,24,30)(H,28,29)(H,32,33)(H3,22,23,25,31). The fraction of sp³-hybridized carbons (Fsp3) is 0.381. The summed E-state index contributed by atoms with van der Waals surface area (Å²) >= 11 is 0. The Balaban J connectivity index is 1.61. The van der Waals surface area contributed by atoms with Crippen LogP contribution in [0.3, 0.4) is 0 Å². The summed E-state index contributed by atoms with van der Waals surface area (Å²) in [5, 5.41) is 20.3. The quantitative estimate of drug-likeness (QED) is 0.362. The largest absolute Gasteiger partial charge is 0.481 e. The Labute approximate surface area is 189 Å². The number of carbonyl (C=O) groups excluding carboxylic acids is 1. The van der Waals surface area contributed by atoms with Crippen LogP contribution in [0.15, 0.2) is 29.1 Å². The molecule has 1 aliphatic heterocycles. The van der Waals surface area contributed by atoms with E-state index in [4.69, 9.17) is 10.8 Å². The first-order valence-electron chi connectivity index (χ1n) is 10.4. The zero-order valence-electron chi connectivity index (χ0n) is 18.1. The Morgan fingerprint density at radius 3 is 2.27 bits per heavy atom. The Morgan fingerprint density at radius 1 is 1.12 bits per heavy atom. The molecule has 1 aromatic carbocycles. The molecule has 1 aromatic heterocycles. The highest BCUT2D eigenvalue weighted by Crippen LogP contribution is 2.21. The molecule has 1 saturated heterocycles. The smallest absolute Gasteiger partial charge is 0.326 e. The van der Waals surface area contributed by atoms with Crippen molar-refractivity contribution in [2.45, 2.75) is 25.8 Å². The molecule has 2 aromatic rings. The molecule has 0 bridgehead atoms. The number of nitrogens with two attached hydrogens (primary N) is 1. The Bertz CT molecular complexity index is 1090. The number of nitrogens with one attached hydrogen (secondary N) is 2. The number of benzene rings is 1. The van der Waals surface area contributed by atoms with E-state index < -0.39 is 23.9 Å². The van der Waals surface area contributed by atoms with E-state index in [1.165, 1.54) is 0 Å². The second kappa shape index (κ2) is 10.0. The number of aromatic amines is 1. The summed E-state index contributed by atoms with van der Waals surface area (Å²) in [6, 6.07) is 5.43. The van der Waals surface area contributed by atoms with Crippen molar-refractivity contribution in [3.8, 4) is 0 Å². The highest BCUT2D eigenvalue weighted by Gasteiger charge is 2.23. The van der Waals surface area contributed by atoms with E-state index in [2.05, 4.69) is 20.2 Å². The van der Waals surface area contributed by atoms with Crippen LogP contribution in [-0.2, 0) is 9.59 Å². The van der Waals surface area contributed by atoms with Crippen LogP contribution in [-0.4, -0.2) is 70.2 Å². The van der Waals surface area contributed by atoms with Gasteiger partial charge in [-0.25, -0.2) is 9.78 Å². The molecular formula is C21H26N6O6. The second-order valence-electron chi connectivity index (χ2n) is 7.70. The molecule has 12 heteroatoms. The number of carboxylic acid groups (broad SMARTS) is 2. The molecule has 0 aliphatic carbocycles. The molecule has 12 nitrogen and oxygen atoms in total. The first kappa shape index (κ1) is 23.6. The number of rotatable bonds is 8. The number of piperazine rings is 1. The number of carboxylic acids is 2. The SMILES string of the molecule is Cc1nc(N)[nH]c(=O)c1N1CCN(c2ccc(C(=O)NC(CCC(=O)O)C(=O)O)cc2)CC1. The first-order valence-corrected chi connectivity index (χ1v) is 10.4. The fourth-order valence-corrected chi connectivity index (χ4v) is 3.75. The van der Waals surface area contributed by atoms with E-state index in [9.17, 15) is 24.3 Å². The minimum absolute atomic E-state index is 0.0839. The lowest BCUT2D eigenvalue weighted by Gasteiger charge is -2.37. The number of aromatic nitrogens is 2. The molecule has 0 spiro atoms. The van der Waals surface area contributed by atoms with E-state index in [-0.39, 0.29) is 29.9 Å². The van der Waals surface area contributed by atoms with E-state index in [0.29, 0.717) is 37.6 Å². The van der Waals surface area contributed by atoms with Crippen LogP contribution in [0.2, 0.25) is 0 Å². The number of carbonyl (C=O) groups is 3. The third-order valence-corrected chi connectivity index (χ3v) is 5.43. The van der Waals surface area contributed by atoms with Crippen molar-refractivity contribution in [3.63, 3.8) is 0 Å². The van der Waals surface area contributed by atoms with Crippen molar-refractivity contribution in [1.29, 1.82) is 0 Å². The lowest BCUT2D eigenvalue weighted by molar-refractivity contribution is -0.140. The summed E-state index contributed by atoms with van der Waals surface area (Å²) in [4.78, 5) is 57.3. The lowest BCUT2D eigenvalue weighted by Crippen LogP contribution is -2.48. The molecule has 1 fully saturated rings. The Morgan fingerprint density at radius 2 is 1.73 bits per heavy atom. The Hall–Kier alpha value is -4.09. The molecule has 176 valence electrons. The highest BCUT2D eigenvalue weighted by molar-refractivity contribution is 5.97. The third kappa shape index (κ3) is 5.79. The zero-order chi connectivity index (χ0) is 24.1. The van der Waals surface area contributed by atoms with E-state index >= 15 is 0 Å². The molecule has 2 heterocycles. The molecule has 1 unspecified atom stereocenters. The fourth-order valence-electron chi connectivity index (χ4n) is 3.75. The zero-order valence-corrected chi connectivity index (χ0v) is 18.1. The number of nitrogens with zero attached hydrogens (tertiary/aromatic N) is 3. The molecule has 0 radical (unpaired) electrons. The van der Waals surface area contributed by atoms with Gasteiger partial charge in [-0.15, -0.1) is 0 Å². The number of anilines is 3. The summed E-state index contributed by atoms with van der Waals surface area (Å²) in [7, 11) is 0. The summed E-state index contributed by atoms with van der Waals surface area (Å²) in [6.07, 6.45) is -0.565. The van der Waals surface area contributed by atoms with Gasteiger partial charge in [0.05, 0.1) is 5.69 Å². The van der Waals surface area contributed by atoms with Crippen molar-refractivity contribution in [2.75, 3.05) is 41.7 Å². The predicted molar refractivity (Wildman–Crippen MR) is 121 cm³/mol. The van der Waals surface area contributed by atoms with Gasteiger partial charge in [0.2, 0.25) is 5.95 Å². The van der Waals surface area contributed by atoms with Gasteiger partial charge in [0.25, 0.3) is 11.5 Å². The number of aryl methyl sites for hydroxylation is 1. The van der Waals surface area contributed by atoms with Crippen LogP contribution in [0.25, 0.3) is 0 Å². The van der Waals surface area contributed by atoms with Crippen molar-refractivity contribution >= 4 is 35.2 Å². The van der Waals surface area contributed by atoms with Crippen LogP contribution in [0.5, 0.6) is 0 Å². The topological polar surface area (TPSA) is 182 Å². The van der Waals surface area contributed by atoms with E-state index in [1.807, 2.05) is 4.90 Å². The first-order chi connectivity index (χ1) is 15.7. The molecule has 1 aliphatic rings. The monoisotopic (exact) mass is 458 g/mol. The van der Waals surface area contributed by atoms with Crippen molar-refractivity contribution < 1.29 is 24.6 Å². The second-order valence-corrected chi connectivity index (χ2v) is 7.70. The van der Waals surface area contributed by atoms with Gasteiger partial charge in [0.15, 0.2) is 0 Å². The summed E-state index contributed by atoms with van der Waals surface area (Å²) < 4.78 is 0. The van der Waals surface area contributed by atoms with Gasteiger partial charge in [-0.2, -0.15) is 0 Å². The minimum atomic E-state index is -1.29. The molecule has 1 atom stereocenters. The summed E-state index contributed by atoms with van der Waals surface area (Å²) in [5.41, 5.74) is 7.54. The number of H-pyrrole nitrogens is 1. The molecule has 1 amide bonds. The van der Waals surface area contributed by atoms with Gasteiger partial charge < -0.3 is 31.1 Å². The molecular weight excluding hydrogens is 432 g/mol. The summed E-state index contributed by atoms with van der Waals surface area (Å²) in [6.45, 7) is 4.23. The number of hydrogen-bond acceptors (Lipinski definition) is 8. The average Bonchev–Trinajstić information content (AvgIpc) is 2.76. The molecule has 3 rings (SSSR count). The van der Waals surface area contributed by atoms with E-state index in [0.717, 1.165) is 5.69 Å². The normalized spacial score (nSPS) is 14.6. The maximum Gasteiger partial charge on any atom is 0.326 e. The Kier molecular flexibility index (Phi) is 7.16. The van der Waals surface area contributed by atoms with Crippen molar-refractivity contribution in [1.82, 2.24) is 15.3 Å². The van der Waals surface area contributed by atoms with Crippen molar-refractivity contribution in [3.05, 3.63) is 45.9 Å². The highest BCUT2D eigenvalue weighted by atomic mass is 16.4. The lowest BCUT2D eigenvalue weighted by atomic mass is 10.1. The maximum atomic E-state index is 12.4. The van der Waals surface area contributed by atoms with Gasteiger partial charge in [0, 0.05) is 43.9 Å². The number of aliphatic carboxylic acids is 2. The van der Waals surface area contributed by atoms with Gasteiger partial charge in [-0.1, -0.05) is 0 Å².